The lowest BCUT2D eigenvalue weighted by atomic mass is 9.97. The first-order valence-corrected chi connectivity index (χ1v) is 7.06. The molecule has 0 saturated heterocycles. The van der Waals surface area contributed by atoms with Crippen LogP contribution in [0.5, 0.6) is 0 Å². The summed E-state index contributed by atoms with van der Waals surface area (Å²) in [6, 6.07) is 5.16. The Kier molecular flexibility index (Phi) is 4.55. The molecular weight excluding hydrogens is 276 g/mol. The molecule has 1 aromatic carbocycles. The molecule has 5 heteroatoms. The van der Waals surface area contributed by atoms with Crippen molar-refractivity contribution in [1.29, 1.82) is 0 Å². The van der Waals surface area contributed by atoms with Crippen LogP contribution in [0, 0.1) is 16.0 Å². The molecule has 0 saturated carbocycles. The summed E-state index contributed by atoms with van der Waals surface area (Å²) in [5, 5.41) is 12.5. The molecule has 0 spiro atoms. The van der Waals surface area contributed by atoms with E-state index in [-0.39, 0.29) is 16.0 Å². The highest BCUT2D eigenvalue weighted by Gasteiger charge is 2.16. The number of hydrogen-bond acceptors (Lipinski definition) is 3. The van der Waals surface area contributed by atoms with Crippen molar-refractivity contribution in [2.75, 3.05) is 0 Å². The Morgan fingerprint density at radius 2 is 2.05 bits per heavy atom. The molecule has 0 N–H and O–H groups in total. The van der Waals surface area contributed by atoms with E-state index in [1.807, 2.05) is 6.07 Å². The second-order valence-corrected chi connectivity index (χ2v) is 5.97. The lowest BCUT2D eigenvalue weighted by molar-refractivity contribution is -0.383. The summed E-state index contributed by atoms with van der Waals surface area (Å²) >= 11 is 6.36. The number of alkyl halides is 1. The third-order valence-electron chi connectivity index (χ3n) is 3.25. The molecule has 4 nitrogen and oxygen atoms in total. The second-order valence-electron chi connectivity index (χ2n) is 5.35. The molecule has 0 aliphatic heterocycles. The van der Waals surface area contributed by atoms with Crippen LogP contribution < -0.4 is 0 Å². The number of halogens is 1. The van der Waals surface area contributed by atoms with Gasteiger partial charge in [0.25, 0.3) is 5.69 Å². The molecule has 0 aliphatic carbocycles. The van der Waals surface area contributed by atoms with E-state index in [4.69, 9.17) is 11.6 Å². The largest absolute Gasteiger partial charge is 0.278 e. The fourth-order valence-electron chi connectivity index (χ4n) is 2.41. The highest BCUT2D eigenvalue weighted by Crippen LogP contribution is 2.29. The number of nitro groups is 1. The molecule has 106 valence electrons. The van der Waals surface area contributed by atoms with E-state index in [0.29, 0.717) is 17.7 Å². The van der Waals surface area contributed by atoms with Gasteiger partial charge >= 0.3 is 0 Å². The smallest absolute Gasteiger partial charge is 0.264 e. The van der Waals surface area contributed by atoms with Crippen LogP contribution in [0.3, 0.4) is 0 Å². The Hall–Kier alpha value is -1.68. The van der Waals surface area contributed by atoms with Crippen LogP contribution in [0.4, 0.5) is 5.69 Å². The van der Waals surface area contributed by atoms with Crippen molar-refractivity contribution < 1.29 is 4.92 Å². The highest BCUT2D eigenvalue weighted by atomic mass is 35.5. The van der Waals surface area contributed by atoms with E-state index in [0.717, 1.165) is 17.4 Å². The number of fused-ring (bicyclic) bond motifs is 1. The van der Waals surface area contributed by atoms with E-state index < -0.39 is 0 Å². The van der Waals surface area contributed by atoms with Crippen LogP contribution in [0.1, 0.15) is 25.8 Å². The van der Waals surface area contributed by atoms with Crippen LogP contribution in [0.15, 0.2) is 30.6 Å². The molecule has 0 radical (unpaired) electrons. The zero-order chi connectivity index (χ0) is 14.7. The first-order valence-electron chi connectivity index (χ1n) is 6.63. The number of rotatable bonds is 5. The van der Waals surface area contributed by atoms with Gasteiger partial charge in [-0.1, -0.05) is 19.9 Å². The quantitative estimate of drug-likeness (QED) is 0.468. The van der Waals surface area contributed by atoms with Gasteiger partial charge in [-0.2, -0.15) is 0 Å². The van der Waals surface area contributed by atoms with Gasteiger partial charge in [-0.25, -0.2) is 0 Å². The second kappa shape index (κ2) is 6.18. The normalized spacial score (nSPS) is 12.8. The number of pyridine rings is 1. The fraction of sp³-hybridized carbons (Fsp3) is 0.400. The first kappa shape index (κ1) is 14.7. The molecule has 1 heterocycles. The van der Waals surface area contributed by atoms with Crippen molar-refractivity contribution in [3.63, 3.8) is 0 Å². The summed E-state index contributed by atoms with van der Waals surface area (Å²) in [6.07, 6.45) is 4.83. The van der Waals surface area contributed by atoms with Gasteiger partial charge in [0.15, 0.2) is 0 Å². The zero-order valence-corrected chi connectivity index (χ0v) is 12.3. The minimum Gasteiger partial charge on any atom is -0.264 e. The van der Waals surface area contributed by atoms with E-state index in [1.165, 1.54) is 0 Å². The third kappa shape index (κ3) is 3.25. The number of hydrogen-bond donors (Lipinski definition) is 0. The molecule has 1 unspecified atom stereocenters. The standard InChI is InChI=1S/C15H17ClN2O2/c1-10(2)7-12(16)8-11-3-4-15(18(19)20)14-9-17-6-5-13(11)14/h3-6,9-10,12H,7-8H2,1-2H3. The number of benzene rings is 1. The summed E-state index contributed by atoms with van der Waals surface area (Å²) < 4.78 is 0. The maximum absolute atomic E-state index is 11.0. The summed E-state index contributed by atoms with van der Waals surface area (Å²) in [4.78, 5) is 14.7. The molecule has 0 bridgehead atoms. The van der Waals surface area contributed by atoms with E-state index in [1.54, 1.807) is 24.5 Å². The maximum Gasteiger partial charge on any atom is 0.278 e. The fourth-order valence-corrected chi connectivity index (χ4v) is 2.93. The molecule has 1 aromatic heterocycles. The Labute approximate surface area is 122 Å². The summed E-state index contributed by atoms with van der Waals surface area (Å²) in [7, 11) is 0. The van der Waals surface area contributed by atoms with Crippen molar-refractivity contribution in [3.8, 4) is 0 Å². The van der Waals surface area contributed by atoms with E-state index in [2.05, 4.69) is 18.8 Å². The molecule has 0 amide bonds. The molecule has 2 aromatic rings. The van der Waals surface area contributed by atoms with Gasteiger partial charge in [-0.3, -0.25) is 15.1 Å². The molecule has 20 heavy (non-hydrogen) atoms. The monoisotopic (exact) mass is 292 g/mol. The number of nitrogens with zero attached hydrogens (tertiary/aromatic N) is 2. The summed E-state index contributed by atoms with van der Waals surface area (Å²) in [5.74, 6) is 0.531. The van der Waals surface area contributed by atoms with E-state index >= 15 is 0 Å². The van der Waals surface area contributed by atoms with Gasteiger partial charge < -0.3 is 0 Å². The minimum atomic E-state index is -0.375. The molecule has 2 rings (SSSR count). The molecule has 0 aliphatic rings. The van der Waals surface area contributed by atoms with Crippen LogP contribution >= 0.6 is 11.6 Å². The summed E-state index contributed by atoms with van der Waals surface area (Å²) in [5.41, 5.74) is 1.13. The Balaban J connectivity index is 2.40. The lowest BCUT2D eigenvalue weighted by Crippen LogP contribution is -2.07. The summed E-state index contributed by atoms with van der Waals surface area (Å²) in [6.45, 7) is 4.26. The minimum absolute atomic E-state index is 0.0350. The maximum atomic E-state index is 11.0. The van der Waals surface area contributed by atoms with Crippen molar-refractivity contribution in [1.82, 2.24) is 4.98 Å². The van der Waals surface area contributed by atoms with Crippen molar-refractivity contribution in [3.05, 3.63) is 46.3 Å². The van der Waals surface area contributed by atoms with Crippen LogP contribution in [-0.4, -0.2) is 15.3 Å². The van der Waals surface area contributed by atoms with Crippen LogP contribution in [0.25, 0.3) is 10.8 Å². The predicted octanol–water partition coefficient (Wildman–Crippen LogP) is 4.34. The number of nitro benzene ring substituents is 1. The zero-order valence-electron chi connectivity index (χ0n) is 11.5. The van der Waals surface area contributed by atoms with Crippen LogP contribution in [0.2, 0.25) is 0 Å². The SMILES string of the molecule is CC(C)CC(Cl)Cc1ccc([N+](=O)[O-])c2cnccc12. The molecule has 1 atom stereocenters. The number of aromatic nitrogens is 1. The first-order chi connectivity index (χ1) is 9.49. The lowest BCUT2D eigenvalue weighted by Gasteiger charge is -2.13. The van der Waals surface area contributed by atoms with Crippen LogP contribution in [-0.2, 0) is 6.42 Å². The van der Waals surface area contributed by atoms with Gasteiger partial charge in [-0.15, -0.1) is 11.6 Å². The predicted molar refractivity (Wildman–Crippen MR) is 81.2 cm³/mol. The molecule has 0 fully saturated rings. The van der Waals surface area contributed by atoms with Crippen molar-refractivity contribution >= 4 is 28.1 Å². The van der Waals surface area contributed by atoms with Gasteiger partial charge in [-0.05, 0) is 35.8 Å². The Morgan fingerprint density at radius 3 is 2.70 bits per heavy atom. The van der Waals surface area contributed by atoms with Gasteiger partial charge in [0.1, 0.15) is 0 Å². The van der Waals surface area contributed by atoms with Gasteiger partial charge in [0, 0.05) is 23.8 Å². The molecular formula is C15H17ClN2O2. The van der Waals surface area contributed by atoms with Crippen molar-refractivity contribution in [2.45, 2.75) is 32.1 Å². The highest BCUT2D eigenvalue weighted by molar-refractivity contribution is 6.20. The Morgan fingerprint density at radius 1 is 1.30 bits per heavy atom. The van der Waals surface area contributed by atoms with Gasteiger partial charge in [0.2, 0.25) is 0 Å². The van der Waals surface area contributed by atoms with Crippen molar-refractivity contribution in [2.24, 2.45) is 5.92 Å². The average molecular weight is 293 g/mol. The van der Waals surface area contributed by atoms with Gasteiger partial charge in [0.05, 0.1) is 10.3 Å². The topological polar surface area (TPSA) is 56.0 Å². The van der Waals surface area contributed by atoms with E-state index in [9.17, 15) is 10.1 Å². The average Bonchev–Trinajstić information content (AvgIpc) is 2.37. The number of non-ortho nitro benzene ring substituents is 1. The third-order valence-corrected chi connectivity index (χ3v) is 3.58. The Bertz CT molecular complexity index is 628.